The maximum Gasteiger partial charge on any atom is 0.302 e. The number of phenolic OH excluding ortho intramolecular Hbond substituents is 1. The summed E-state index contributed by atoms with van der Waals surface area (Å²) in [6.45, 7) is 1.87. The van der Waals surface area contributed by atoms with Gasteiger partial charge in [-0.25, -0.2) is 4.98 Å². The SMILES string of the molecule is Cc1ccc(/C=C/c2nc(Nc3nc4ccccc4o3)nc(-c3ccccc3O)n2)o1. The van der Waals surface area contributed by atoms with Gasteiger partial charge in [-0.1, -0.05) is 24.3 Å². The molecule has 0 aliphatic carbocycles. The highest BCUT2D eigenvalue weighted by molar-refractivity contribution is 5.75. The minimum atomic E-state index is 0.0677. The van der Waals surface area contributed by atoms with Crippen molar-refractivity contribution in [2.24, 2.45) is 0 Å². The minimum absolute atomic E-state index is 0.0677. The lowest BCUT2D eigenvalue weighted by molar-refractivity contribution is 0.477. The third kappa shape index (κ3) is 3.99. The molecule has 0 atom stereocenters. The van der Waals surface area contributed by atoms with Crippen LogP contribution in [-0.2, 0) is 0 Å². The van der Waals surface area contributed by atoms with Crippen molar-refractivity contribution < 1.29 is 13.9 Å². The van der Waals surface area contributed by atoms with Crippen molar-refractivity contribution in [1.82, 2.24) is 19.9 Å². The summed E-state index contributed by atoms with van der Waals surface area (Å²) >= 11 is 0. The number of aromatic hydroxyl groups is 1. The Morgan fingerprint density at radius 1 is 0.839 bits per heavy atom. The van der Waals surface area contributed by atoms with Gasteiger partial charge >= 0.3 is 6.01 Å². The number of hydrogen-bond acceptors (Lipinski definition) is 8. The van der Waals surface area contributed by atoms with E-state index in [1.54, 1.807) is 36.4 Å². The number of anilines is 2. The monoisotopic (exact) mass is 411 g/mol. The van der Waals surface area contributed by atoms with Gasteiger partial charge < -0.3 is 13.9 Å². The number of fused-ring (bicyclic) bond motifs is 1. The average molecular weight is 411 g/mol. The maximum absolute atomic E-state index is 10.3. The van der Waals surface area contributed by atoms with Gasteiger partial charge in [-0.3, -0.25) is 5.32 Å². The molecule has 0 fully saturated rings. The first-order chi connectivity index (χ1) is 15.1. The number of nitrogens with zero attached hydrogens (tertiary/aromatic N) is 4. The molecule has 5 rings (SSSR count). The normalized spacial score (nSPS) is 11.4. The van der Waals surface area contributed by atoms with E-state index < -0.39 is 0 Å². The largest absolute Gasteiger partial charge is 0.507 e. The van der Waals surface area contributed by atoms with E-state index in [-0.39, 0.29) is 17.7 Å². The second-order valence-corrected chi connectivity index (χ2v) is 6.75. The van der Waals surface area contributed by atoms with E-state index in [9.17, 15) is 5.11 Å². The van der Waals surface area contributed by atoms with Gasteiger partial charge in [0.15, 0.2) is 17.2 Å². The van der Waals surface area contributed by atoms with Crippen LogP contribution in [0.2, 0.25) is 0 Å². The quantitative estimate of drug-likeness (QED) is 0.406. The van der Waals surface area contributed by atoms with Crippen LogP contribution in [0, 0.1) is 6.92 Å². The summed E-state index contributed by atoms with van der Waals surface area (Å²) in [6, 6.07) is 18.3. The molecule has 3 heterocycles. The van der Waals surface area contributed by atoms with Crippen molar-refractivity contribution in [2.45, 2.75) is 6.92 Å². The van der Waals surface area contributed by atoms with Crippen LogP contribution in [0.3, 0.4) is 0 Å². The fraction of sp³-hybridized carbons (Fsp3) is 0.0435. The number of furan rings is 1. The maximum atomic E-state index is 10.3. The second-order valence-electron chi connectivity index (χ2n) is 6.75. The number of oxazole rings is 1. The first-order valence-corrected chi connectivity index (χ1v) is 9.56. The summed E-state index contributed by atoms with van der Waals surface area (Å²) in [7, 11) is 0. The standard InChI is InChI=1S/C23H17N5O3/c1-14-10-11-15(30-14)12-13-20-25-21(16-6-2-4-8-18(16)29)27-22(26-20)28-23-24-17-7-3-5-9-19(17)31-23/h2-13,29H,1H3,(H,24,25,26,27,28)/b13-12+. The number of para-hydroxylation sites is 3. The van der Waals surface area contributed by atoms with Crippen LogP contribution < -0.4 is 5.32 Å². The average Bonchev–Trinajstić information content (AvgIpc) is 3.37. The van der Waals surface area contributed by atoms with Crippen molar-refractivity contribution in [3.63, 3.8) is 0 Å². The van der Waals surface area contributed by atoms with Crippen LogP contribution in [0.5, 0.6) is 5.75 Å². The van der Waals surface area contributed by atoms with Crippen LogP contribution in [-0.4, -0.2) is 25.0 Å². The Balaban J connectivity index is 1.55. The number of aromatic nitrogens is 4. The zero-order valence-corrected chi connectivity index (χ0v) is 16.5. The number of rotatable bonds is 5. The molecule has 152 valence electrons. The summed E-state index contributed by atoms with van der Waals surface area (Å²) in [5.74, 6) is 2.47. The molecule has 0 saturated carbocycles. The zero-order chi connectivity index (χ0) is 21.2. The molecule has 0 unspecified atom stereocenters. The first-order valence-electron chi connectivity index (χ1n) is 9.56. The molecule has 0 aliphatic heterocycles. The van der Waals surface area contributed by atoms with Crippen molar-refractivity contribution >= 4 is 35.2 Å². The van der Waals surface area contributed by atoms with Crippen LogP contribution in [0.25, 0.3) is 34.6 Å². The Morgan fingerprint density at radius 3 is 2.48 bits per heavy atom. The lowest BCUT2D eigenvalue weighted by atomic mass is 10.2. The fourth-order valence-corrected chi connectivity index (χ4v) is 3.03. The zero-order valence-electron chi connectivity index (χ0n) is 16.5. The Kier molecular flexibility index (Phi) is 4.64. The Hall–Kier alpha value is -4.46. The first kappa shape index (κ1) is 18.6. The molecule has 8 nitrogen and oxygen atoms in total. The lowest BCUT2D eigenvalue weighted by Crippen LogP contribution is -2.03. The third-order valence-corrected chi connectivity index (χ3v) is 4.47. The summed E-state index contributed by atoms with van der Waals surface area (Å²) in [4.78, 5) is 17.7. The molecular weight excluding hydrogens is 394 g/mol. The smallest absolute Gasteiger partial charge is 0.302 e. The minimum Gasteiger partial charge on any atom is -0.507 e. The van der Waals surface area contributed by atoms with E-state index in [2.05, 4.69) is 25.3 Å². The van der Waals surface area contributed by atoms with Crippen LogP contribution in [0.15, 0.2) is 69.5 Å². The molecule has 0 aliphatic rings. The highest BCUT2D eigenvalue weighted by atomic mass is 16.4. The molecule has 0 amide bonds. The van der Waals surface area contributed by atoms with Gasteiger partial charge in [0.2, 0.25) is 5.95 Å². The highest BCUT2D eigenvalue weighted by Gasteiger charge is 2.13. The van der Waals surface area contributed by atoms with Gasteiger partial charge in [0.05, 0.1) is 5.56 Å². The number of aryl methyl sites for hydroxylation is 1. The number of phenols is 1. The molecule has 2 N–H and O–H groups in total. The summed E-state index contributed by atoms with van der Waals surface area (Å²) in [5.41, 5.74) is 1.84. The van der Waals surface area contributed by atoms with E-state index in [1.807, 2.05) is 43.3 Å². The van der Waals surface area contributed by atoms with E-state index in [4.69, 9.17) is 8.83 Å². The number of benzene rings is 2. The number of hydrogen-bond donors (Lipinski definition) is 2. The summed E-state index contributed by atoms with van der Waals surface area (Å²) in [5, 5.41) is 13.2. The Morgan fingerprint density at radius 2 is 1.68 bits per heavy atom. The predicted octanol–water partition coefficient (Wildman–Crippen LogP) is 5.20. The molecule has 0 radical (unpaired) electrons. The Labute approximate surface area is 177 Å². The second kappa shape index (κ2) is 7.75. The highest BCUT2D eigenvalue weighted by Crippen LogP contribution is 2.27. The van der Waals surface area contributed by atoms with Gasteiger partial charge in [-0.15, -0.1) is 0 Å². The fourth-order valence-electron chi connectivity index (χ4n) is 3.03. The van der Waals surface area contributed by atoms with Crippen LogP contribution in [0.4, 0.5) is 12.0 Å². The van der Waals surface area contributed by atoms with Crippen molar-refractivity contribution in [2.75, 3.05) is 5.32 Å². The molecule has 0 saturated heterocycles. The van der Waals surface area contributed by atoms with Crippen molar-refractivity contribution in [3.05, 3.63) is 78.0 Å². The van der Waals surface area contributed by atoms with E-state index in [0.717, 1.165) is 5.76 Å². The van der Waals surface area contributed by atoms with Crippen LogP contribution >= 0.6 is 0 Å². The van der Waals surface area contributed by atoms with E-state index in [0.29, 0.717) is 34.1 Å². The van der Waals surface area contributed by atoms with Gasteiger partial charge in [0.25, 0.3) is 0 Å². The lowest BCUT2D eigenvalue weighted by Gasteiger charge is -2.07. The molecule has 0 spiro atoms. The summed E-state index contributed by atoms with van der Waals surface area (Å²) in [6.07, 6.45) is 3.47. The van der Waals surface area contributed by atoms with Gasteiger partial charge in [0, 0.05) is 0 Å². The van der Waals surface area contributed by atoms with E-state index >= 15 is 0 Å². The predicted molar refractivity (Wildman–Crippen MR) is 117 cm³/mol. The topological polar surface area (TPSA) is 110 Å². The molecule has 8 heteroatoms. The van der Waals surface area contributed by atoms with E-state index in [1.165, 1.54) is 0 Å². The molecule has 5 aromatic rings. The molecule has 31 heavy (non-hydrogen) atoms. The third-order valence-electron chi connectivity index (χ3n) is 4.47. The van der Waals surface area contributed by atoms with Gasteiger partial charge in [-0.05, 0) is 55.5 Å². The molecule has 3 aromatic heterocycles. The van der Waals surface area contributed by atoms with Crippen molar-refractivity contribution in [3.8, 4) is 17.1 Å². The Bertz CT molecular complexity index is 1370. The van der Waals surface area contributed by atoms with Crippen LogP contribution in [0.1, 0.15) is 17.3 Å². The van der Waals surface area contributed by atoms with Crippen molar-refractivity contribution in [1.29, 1.82) is 0 Å². The number of nitrogens with one attached hydrogen (secondary N) is 1. The molecular formula is C23H17N5O3. The van der Waals surface area contributed by atoms with Gasteiger partial charge in [0.1, 0.15) is 22.8 Å². The van der Waals surface area contributed by atoms with Gasteiger partial charge in [-0.2, -0.15) is 15.0 Å². The molecule has 2 aromatic carbocycles. The summed E-state index contributed by atoms with van der Waals surface area (Å²) < 4.78 is 11.3. The molecule has 0 bridgehead atoms.